The molecule has 0 saturated carbocycles. The van der Waals surface area contributed by atoms with E-state index in [2.05, 4.69) is 5.32 Å². The number of hydrogen-bond acceptors (Lipinski definition) is 5. The summed E-state index contributed by atoms with van der Waals surface area (Å²) in [5, 5.41) is 4.84. The molecule has 1 saturated heterocycles. The number of piperidine rings is 1. The Labute approximate surface area is 193 Å². The third-order valence-corrected chi connectivity index (χ3v) is 6.86. The van der Waals surface area contributed by atoms with Crippen molar-refractivity contribution in [1.82, 2.24) is 15.1 Å². The Kier molecular flexibility index (Phi) is 8.27. The lowest BCUT2D eigenvalue weighted by Gasteiger charge is -2.37. The van der Waals surface area contributed by atoms with E-state index in [0.717, 1.165) is 0 Å². The maximum Gasteiger partial charge on any atom is 0.262 e. The number of rotatable bonds is 8. The van der Waals surface area contributed by atoms with E-state index in [4.69, 9.17) is 4.74 Å². The number of hydrogen-bond donors (Lipinski definition) is 1. The average Bonchev–Trinajstić information content (AvgIpc) is 3.38. The summed E-state index contributed by atoms with van der Waals surface area (Å²) in [6.07, 6.45) is 1.30. The lowest BCUT2D eigenvalue weighted by molar-refractivity contribution is -0.134. The summed E-state index contributed by atoms with van der Waals surface area (Å²) >= 11 is 1.36. The van der Waals surface area contributed by atoms with E-state index in [1.807, 2.05) is 36.3 Å². The highest BCUT2D eigenvalue weighted by Crippen LogP contribution is 2.25. The Balaban J connectivity index is 1.70. The summed E-state index contributed by atoms with van der Waals surface area (Å²) in [6.45, 7) is 6.14. The maximum absolute atomic E-state index is 13.2. The zero-order valence-electron chi connectivity index (χ0n) is 18.9. The fourth-order valence-electron chi connectivity index (χ4n) is 4.11. The number of likely N-dealkylation sites (N-methyl/N-ethyl adjacent to an activating group) is 1. The second-order valence-electron chi connectivity index (χ2n) is 7.80. The normalized spacial score (nSPS) is 15.2. The highest BCUT2D eigenvalue weighted by atomic mass is 32.1. The number of nitrogens with zero attached hydrogens (tertiary/aromatic N) is 2. The van der Waals surface area contributed by atoms with Gasteiger partial charge in [-0.05, 0) is 62.3 Å². The van der Waals surface area contributed by atoms with E-state index < -0.39 is 6.04 Å². The molecule has 1 aromatic heterocycles. The van der Waals surface area contributed by atoms with E-state index in [1.165, 1.54) is 11.3 Å². The zero-order valence-corrected chi connectivity index (χ0v) is 19.7. The Morgan fingerprint density at radius 2 is 1.88 bits per heavy atom. The van der Waals surface area contributed by atoms with Crippen LogP contribution in [0.4, 0.5) is 0 Å². The van der Waals surface area contributed by atoms with Crippen molar-refractivity contribution in [3.63, 3.8) is 0 Å². The van der Waals surface area contributed by atoms with Crippen molar-refractivity contribution in [3.8, 4) is 5.75 Å². The molecular weight excluding hydrogens is 426 g/mol. The quantitative estimate of drug-likeness (QED) is 0.660. The van der Waals surface area contributed by atoms with Crippen molar-refractivity contribution in [1.29, 1.82) is 0 Å². The molecule has 0 bridgehead atoms. The first-order chi connectivity index (χ1) is 15.5. The Morgan fingerprint density at radius 1 is 1.16 bits per heavy atom. The number of amides is 3. The molecule has 1 aliphatic rings. The molecule has 1 atom stereocenters. The van der Waals surface area contributed by atoms with Crippen molar-refractivity contribution in [2.75, 3.05) is 33.3 Å². The number of likely N-dealkylation sites (tertiary alicyclic amines) is 1. The van der Waals surface area contributed by atoms with Crippen LogP contribution in [0.25, 0.3) is 0 Å². The van der Waals surface area contributed by atoms with Crippen LogP contribution in [0.1, 0.15) is 46.7 Å². The lowest BCUT2D eigenvalue weighted by atomic mass is 9.88. The van der Waals surface area contributed by atoms with Gasteiger partial charge in [0.25, 0.3) is 11.8 Å². The van der Waals surface area contributed by atoms with Crippen molar-refractivity contribution in [2.24, 2.45) is 5.92 Å². The molecule has 3 rings (SSSR count). The van der Waals surface area contributed by atoms with Crippen LogP contribution in [0.3, 0.4) is 0 Å². The van der Waals surface area contributed by atoms with Gasteiger partial charge in [-0.1, -0.05) is 12.1 Å². The molecule has 1 unspecified atom stereocenters. The van der Waals surface area contributed by atoms with Crippen molar-refractivity contribution in [2.45, 2.75) is 32.7 Å². The number of carbonyl (C=O) groups excluding carboxylic acids is 3. The second kappa shape index (κ2) is 11.1. The van der Waals surface area contributed by atoms with E-state index in [1.54, 1.807) is 36.3 Å². The highest BCUT2D eigenvalue weighted by Gasteiger charge is 2.36. The van der Waals surface area contributed by atoms with Gasteiger partial charge < -0.3 is 19.9 Å². The first kappa shape index (κ1) is 23.8. The van der Waals surface area contributed by atoms with Crippen LogP contribution in [0.15, 0.2) is 41.8 Å². The van der Waals surface area contributed by atoms with E-state index in [-0.39, 0.29) is 23.6 Å². The topological polar surface area (TPSA) is 79.0 Å². The van der Waals surface area contributed by atoms with Gasteiger partial charge in [0, 0.05) is 31.7 Å². The summed E-state index contributed by atoms with van der Waals surface area (Å²) in [7, 11) is 1.58. The molecule has 8 heteroatoms. The van der Waals surface area contributed by atoms with Crippen LogP contribution in [0.2, 0.25) is 0 Å². The Bertz CT molecular complexity index is 919. The summed E-state index contributed by atoms with van der Waals surface area (Å²) in [4.78, 5) is 43.1. The number of thiophene rings is 1. The van der Waals surface area contributed by atoms with Gasteiger partial charge in [-0.25, -0.2) is 0 Å². The van der Waals surface area contributed by atoms with Gasteiger partial charge in [0.05, 0.1) is 12.0 Å². The van der Waals surface area contributed by atoms with Gasteiger partial charge in [0.1, 0.15) is 11.8 Å². The van der Waals surface area contributed by atoms with Crippen LogP contribution in [0.5, 0.6) is 5.75 Å². The molecule has 1 fully saturated rings. The fraction of sp³-hybridized carbons (Fsp3) is 0.458. The molecule has 2 heterocycles. The average molecular weight is 458 g/mol. The molecule has 1 aliphatic heterocycles. The Hall–Kier alpha value is -2.87. The van der Waals surface area contributed by atoms with E-state index in [0.29, 0.717) is 55.2 Å². The van der Waals surface area contributed by atoms with Gasteiger partial charge in [-0.3, -0.25) is 14.4 Å². The van der Waals surface area contributed by atoms with Crippen LogP contribution in [0, 0.1) is 5.92 Å². The molecule has 0 spiro atoms. The summed E-state index contributed by atoms with van der Waals surface area (Å²) in [5.74, 6) is 0.294. The number of ether oxygens (including phenoxy) is 1. The first-order valence-electron chi connectivity index (χ1n) is 11.0. The molecule has 172 valence electrons. The number of benzene rings is 1. The smallest absolute Gasteiger partial charge is 0.262 e. The van der Waals surface area contributed by atoms with E-state index in [9.17, 15) is 14.4 Å². The predicted molar refractivity (Wildman–Crippen MR) is 125 cm³/mol. The molecule has 1 N–H and O–H groups in total. The zero-order chi connectivity index (χ0) is 23.1. The second-order valence-corrected chi connectivity index (χ2v) is 8.75. The minimum absolute atomic E-state index is 0.0265. The van der Waals surface area contributed by atoms with E-state index >= 15 is 0 Å². The van der Waals surface area contributed by atoms with Gasteiger partial charge in [-0.15, -0.1) is 11.3 Å². The van der Waals surface area contributed by atoms with Crippen LogP contribution < -0.4 is 10.1 Å². The first-order valence-corrected chi connectivity index (χ1v) is 11.9. The van der Waals surface area contributed by atoms with Gasteiger partial charge >= 0.3 is 0 Å². The van der Waals surface area contributed by atoms with Gasteiger partial charge in [0.2, 0.25) is 5.91 Å². The van der Waals surface area contributed by atoms with Crippen molar-refractivity contribution >= 4 is 29.1 Å². The maximum atomic E-state index is 13.2. The minimum Gasteiger partial charge on any atom is -0.497 e. The summed E-state index contributed by atoms with van der Waals surface area (Å²) in [5.41, 5.74) is 0.588. The van der Waals surface area contributed by atoms with Gasteiger partial charge in [-0.2, -0.15) is 0 Å². The third-order valence-electron chi connectivity index (χ3n) is 5.99. The fourth-order valence-corrected chi connectivity index (χ4v) is 4.73. The number of nitrogens with one attached hydrogen (secondary N) is 1. The standard InChI is InChI=1S/C24H31N3O4S/c1-4-26(5-2)24(30)21(25-22(28)20-10-7-15-32-20)17-11-13-27(14-12-17)23(29)18-8-6-9-19(16-18)31-3/h6-10,15-17,21H,4-5,11-14H2,1-3H3,(H,25,28). The molecule has 7 nitrogen and oxygen atoms in total. The van der Waals surface area contributed by atoms with Crippen molar-refractivity contribution in [3.05, 3.63) is 52.2 Å². The summed E-state index contributed by atoms with van der Waals surface area (Å²) in [6, 6.07) is 10.1. The highest BCUT2D eigenvalue weighted by molar-refractivity contribution is 7.12. The van der Waals surface area contributed by atoms with Crippen molar-refractivity contribution < 1.29 is 19.1 Å². The number of carbonyl (C=O) groups is 3. The molecule has 3 amide bonds. The molecule has 0 aliphatic carbocycles. The SMILES string of the molecule is CCN(CC)C(=O)C(NC(=O)c1cccs1)C1CCN(C(=O)c2cccc(OC)c2)CC1. The molecule has 0 radical (unpaired) electrons. The Morgan fingerprint density at radius 3 is 2.47 bits per heavy atom. The van der Waals surface area contributed by atoms with Gasteiger partial charge in [0.15, 0.2) is 0 Å². The molecular formula is C24H31N3O4S. The molecule has 2 aromatic rings. The van der Waals surface area contributed by atoms with Crippen LogP contribution in [-0.4, -0.2) is 66.9 Å². The number of methoxy groups -OCH3 is 1. The largest absolute Gasteiger partial charge is 0.497 e. The predicted octanol–water partition coefficient (Wildman–Crippen LogP) is 3.28. The summed E-state index contributed by atoms with van der Waals surface area (Å²) < 4.78 is 5.23. The molecule has 1 aromatic carbocycles. The van der Waals surface area contributed by atoms with Crippen LogP contribution >= 0.6 is 11.3 Å². The third kappa shape index (κ3) is 5.48. The van der Waals surface area contributed by atoms with Crippen LogP contribution in [-0.2, 0) is 4.79 Å². The lowest BCUT2D eigenvalue weighted by Crippen LogP contribution is -2.54. The monoisotopic (exact) mass is 457 g/mol. The molecule has 32 heavy (non-hydrogen) atoms. The minimum atomic E-state index is -0.599.